The van der Waals surface area contributed by atoms with Crippen LogP contribution in [0.25, 0.3) is 0 Å². The van der Waals surface area contributed by atoms with Gasteiger partial charge in [-0.1, -0.05) is 134 Å². The van der Waals surface area contributed by atoms with E-state index in [9.17, 15) is 0 Å². The maximum Gasteiger partial charge on any atom is 0.252 e. The van der Waals surface area contributed by atoms with Crippen molar-refractivity contribution < 1.29 is 0 Å². The molecular weight excluding hydrogens is 641 g/mol. The topological polar surface area (TPSA) is 9.72 Å². The Balaban J connectivity index is 1.25. The van der Waals surface area contributed by atoms with Crippen LogP contribution in [0.2, 0.25) is 0 Å². The second-order valence-electron chi connectivity index (χ2n) is 15.4. The molecule has 0 N–H and O–H groups in total. The van der Waals surface area contributed by atoms with Crippen molar-refractivity contribution in [3.05, 3.63) is 187 Å². The fourth-order valence-corrected chi connectivity index (χ4v) is 10.8. The predicted molar refractivity (Wildman–Crippen MR) is 223 cm³/mol. The lowest BCUT2D eigenvalue weighted by atomic mass is 9.33. The first-order chi connectivity index (χ1) is 26.2. The van der Waals surface area contributed by atoms with Crippen molar-refractivity contribution in [2.24, 2.45) is 0 Å². The Morgan fingerprint density at radius 2 is 0.925 bits per heavy atom. The quantitative estimate of drug-likeness (QED) is 0.171. The van der Waals surface area contributed by atoms with Gasteiger partial charge in [-0.15, -0.1) is 0 Å². The van der Waals surface area contributed by atoms with Crippen molar-refractivity contribution in [3.63, 3.8) is 0 Å². The van der Waals surface area contributed by atoms with Gasteiger partial charge >= 0.3 is 0 Å². The van der Waals surface area contributed by atoms with E-state index in [2.05, 4.69) is 198 Å². The summed E-state index contributed by atoms with van der Waals surface area (Å²) in [7, 11) is 0. The van der Waals surface area contributed by atoms with Gasteiger partial charge in [-0.25, -0.2) is 0 Å². The minimum absolute atomic E-state index is 0.0981. The average Bonchev–Trinajstić information content (AvgIpc) is 3.47. The molecule has 0 bridgehead atoms. The molecule has 11 rings (SSSR count). The fraction of sp³-hybridized carbons (Fsp3) is 0.143. The van der Waals surface area contributed by atoms with Gasteiger partial charge in [0, 0.05) is 50.9 Å². The van der Waals surface area contributed by atoms with Crippen LogP contribution in [-0.4, -0.2) is 12.3 Å². The van der Waals surface area contributed by atoms with Crippen molar-refractivity contribution in [2.45, 2.75) is 43.6 Å². The minimum Gasteiger partial charge on any atom is -0.334 e. The highest BCUT2D eigenvalue weighted by molar-refractivity contribution is 7.00. The highest BCUT2D eigenvalue weighted by Gasteiger charge is 2.61. The van der Waals surface area contributed by atoms with E-state index in [0.717, 1.165) is 12.8 Å². The third-order valence-electron chi connectivity index (χ3n) is 12.9. The molecule has 3 heterocycles. The van der Waals surface area contributed by atoms with E-state index in [1.54, 1.807) is 0 Å². The van der Waals surface area contributed by atoms with Crippen LogP contribution < -0.4 is 31.1 Å². The first kappa shape index (κ1) is 30.6. The van der Waals surface area contributed by atoms with Crippen LogP contribution in [0.3, 0.4) is 0 Å². The molecule has 2 unspecified atom stereocenters. The summed E-state index contributed by atoms with van der Waals surface area (Å²) in [5.74, 6) is 0. The minimum atomic E-state index is -0.176. The third-order valence-corrected chi connectivity index (χ3v) is 12.9. The van der Waals surface area contributed by atoms with Crippen LogP contribution in [-0.2, 0) is 5.41 Å². The van der Waals surface area contributed by atoms with E-state index >= 15 is 0 Å². The molecular formula is C49H40BN3. The van der Waals surface area contributed by atoms with Crippen molar-refractivity contribution in [1.82, 2.24) is 0 Å². The molecule has 254 valence electrons. The van der Waals surface area contributed by atoms with E-state index < -0.39 is 0 Å². The van der Waals surface area contributed by atoms with Crippen molar-refractivity contribution in [3.8, 4) is 0 Å². The first-order valence-electron chi connectivity index (χ1n) is 19.2. The van der Waals surface area contributed by atoms with Crippen LogP contribution in [0.5, 0.6) is 0 Å². The number of hydrogen-bond donors (Lipinski definition) is 0. The first-order valence-corrected chi connectivity index (χ1v) is 19.2. The summed E-state index contributed by atoms with van der Waals surface area (Å²) in [6.45, 7) is 2.66. The Kier molecular flexibility index (Phi) is 6.64. The SMILES string of the molecule is CC12CCCCC1(c1ccccc1)c1ccccc1N2c1cc2c3c(c1)N(c1ccccc1)c1ccccc1B3c1ccccc1N2c1ccccc1. The normalized spacial score (nSPS) is 20.6. The standard InChI is InChI=1S/C49H40BN3/c1-48-31-17-18-32-49(48,35-19-5-2-6-20-35)39-25-11-14-28-42(39)53(48)38-33-45-47-46(34-38)52(37-23-9-4-10-24-37)44-30-16-13-27-41(44)50(47)40-26-12-15-29-43(40)51(45)36-21-7-3-8-22-36/h2-16,19-30,33-34H,17-18,31-32H2,1H3. The molecule has 0 spiro atoms. The molecule has 7 aromatic rings. The summed E-state index contributed by atoms with van der Waals surface area (Å²) in [6, 6.07) is 65.8. The molecule has 3 aliphatic heterocycles. The fourth-order valence-electron chi connectivity index (χ4n) is 10.8. The maximum absolute atomic E-state index is 2.76. The van der Waals surface area contributed by atoms with Gasteiger partial charge in [0.1, 0.15) is 0 Å². The number of benzene rings is 7. The molecule has 0 saturated heterocycles. The van der Waals surface area contributed by atoms with Crippen molar-refractivity contribution >= 4 is 68.6 Å². The van der Waals surface area contributed by atoms with Crippen LogP contribution in [0.4, 0.5) is 45.5 Å². The Morgan fingerprint density at radius 3 is 1.51 bits per heavy atom. The van der Waals surface area contributed by atoms with Gasteiger partial charge in [-0.05, 0) is 102 Å². The molecule has 1 saturated carbocycles. The predicted octanol–water partition coefficient (Wildman–Crippen LogP) is 10.5. The van der Waals surface area contributed by atoms with Crippen molar-refractivity contribution in [2.75, 3.05) is 14.7 Å². The molecule has 1 aliphatic carbocycles. The molecule has 53 heavy (non-hydrogen) atoms. The third kappa shape index (κ3) is 4.12. The van der Waals surface area contributed by atoms with E-state index in [-0.39, 0.29) is 17.7 Å². The zero-order valence-corrected chi connectivity index (χ0v) is 30.0. The lowest BCUT2D eigenvalue weighted by Crippen LogP contribution is -2.61. The molecule has 2 atom stereocenters. The Labute approximate surface area is 312 Å². The summed E-state index contributed by atoms with van der Waals surface area (Å²) >= 11 is 0. The van der Waals surface area contributed by atoms with Crippen LogP contribution >= 0.6 is 0 Å². The molecule has 4 aliphatic rings. The molecule has 7 aromatic carbocycles. The Morgan fingerprint density at radius 1 is 0.453 bits per heavy atom. The summed E-state index contributed by atoms with van der Waals surface area (Å²) < 4.78 is 0. The summed E-state index contributed by atoms with van der Waals surface area (Å²) in [5.41, 5.74) is 16.5. The Hall–Kier alpha value is -6.00. The van der Waals surface area contributed by atoms with E-state index in [1.165, 1.54) is 85.9 Å². The van der Waals surface area contributed by atoms with Crippen molar-refractivity contribution in [1.29, 1.82) is 0 Å². The van der Waals surface area contributed by atoms with E-state index in [0.29, 0.717) is 0 Å². The number of rotatable bonds is 4. The molecule has 4 heteroatoms. The molecule has 0 aromatic heterocycles. The number of anilines is 8. The smallest absolute Gasteiger partial charge is 0.252 e. The van der Waals surface area contributed by atoms with Gasteiger partial charge < -0.3 is 14.7 Å². The van der Waals surface area contributed by atoms with Gasteiger partial charge in [0.15, 0.2) is 0 Å². The highest BCUT2D eigenvalue weighted by Crippen LogP contribution is 2.64. The van der Waals surface area contributed by atoms with Crippen LogP contribution in [0.15, 0.2) is 176 Å². The average molecular weight is 682 g/mol. The van der Waals surface area contributed by atoms with Gasteiger partial charge in [0.2, 0.25) is 0 Å². The molecule has 3 nitrogen and oxygen atoms in total. The van der Waals surface area contributed by atoms with Gasteiger partial charge in [0.05, 0.1) is 5.54 Å². The monoisotopic (exact) mass is 681 g/mol. The second-order valence-corrected chi connectivity index (χ2v) is 15.4. The van der Waals surface area contributed by atoms with Gasteiger partial charge in [-0.2, -0.15) is 0 Å². The van der Waals surface area contributed by atoms with E-state index in [4.69, 9.17) is 0 Å². The summed E-state index contributed by atoms with van der Waals surface area (Å²) in [6.07, 6.45) is 4.68. The van der Waals surface area contributed by atoms with Crippen LogP contribution in [0.1, 0.15) is 43.7 Å². The largest absolute Gasteiger partial charge is 0.334 e. The Bertz CT molecular complexity index is 2410. The number of para-hydroxylation sites is 5. The molecule has 0 amide bonds. The summed E-state index contributed by atoms with van der Waals surface area (Å²) in [5, 5.41) is 0. The number of fused-ring (bicyclic) bond motifs is 7. The van der Waals surface area contributed by atoms with Gasteiger partial charge in [0.25, 0.3) is 6.71 Å². The van der Waals surface area contributed by atoms with Gasteiger partial charge in [-0.3, -0.25) is 0 Å². The molecule has 1 fully saturated rings. The zero-order chi connectivity index (χ0) is 35.1. The molecule has 0 radical (unpaired) electrons. The van der Waals surface area contributed by atoms with E-state index in [1.807, 2.05) is 0 Å². The lowest BCUT2D eigenvalue weighted by molar-refractivity contribution is 0.215. The second kappa shape index (κ2) is 11.5. The number of nitrogens with zero attached hydrogens (tertiary/aromatic N) is 3. The summed E-state index contributed by atoms with van der Waals surface area (Å²) in [4.78, 5) is 7.81. The highest BCUT2D eigenvalue weighted by atomic mass is 15.3. The maximum atomic E-state index is 2.76. The lowest BCUT2D eigenvalue weighted by Gasteiger charge is -2.53. The van der Waals surface area contributed by atoms with Crippen LogP contribution in [0, 0.1) is 0 Å². The zero-order valence-electron chi connectivity index (χ0n) is 30.0. The number of hydrogen-bond acceptors (Lipinski definition) is 3.